The maximum atomic E-state index is 11.9. The van der Waals surface area contributed by atoms with E-state index >= 15 is 0 Å². The zero-order chi connectivity index (χ0) is 20.5. The van der Waals surface area contributed by atoms with Gasteiger partial charge in [-0.2, -0.15) is 0 Å². The highest BCUT2D eigenvalue weighted by atomic mass is 32.1. The zero-order valence-electron chi connectivity index (χ0n) is 16.6. The second-order valence-electron chi connectivity index (χ2n) is 6.35. The fourth-order valence-corrected chi connectivity index (χ4v) is 2.72. The van der Waals surface area contributed by atoms with Crippen LogP contribution in [0.5, 0.6) is 11.5 Å². The van der Waals surface area contributed by atoms with E-state index in [4.69, 9.17) is 26.4 Å². The Bertz CT molecular complexity index is 807. The molecule has 2 rings (SSSR count). The summed E-state index contributed by atoms with van der Waals surface area (Å²) in [6.45, 7) is 4.31. The lowest BCUT2D eigenvalue weighted by Gasteiger charge is -2.12. The first-order valence-electron chi connectivity index (χ1n) is 8.99. The predicted molar refractivity (Wildman–Crippen MR) is 114 cm³/mol. The van der Waals surface area contributed by atoms with Crippen molar-refractivity contribution in [3.8, 4) is 11.5 Å². The summed E-state index contributed by atoms with van der Waals surface area (Å²) in [6, 6.07) is 12.8. The Balaban J connectivity index is 1.82. The number of thiocarbonyl (C=S) groups is 1. The van der Waals surface area contributed by atoms with Crippen LogP contribution in [0.4, 0.5) is 5.69 Å². The SMILES string of the molecule is COc1ccc(CCNC(=S)Nc2ccc(C(=O)OC(C)C)cc2)cc1OC. The molecule has 0 radical (unpaired) electrons. The lowest BCUT2D eigenvalue weighted by molar-refractivity contribution is 0.0378. The molecule has 150 valence electrons. The Morgan fingerprint density at radius 1 is 1.04 bits per heavy atom. The summed E-state index contributed by atoms with van der Waals surface area (Å²) in [5.74, 6) is 1.08. The van der Waals surface area contributed by atoms with Gasteiger partial charge in [-0.3, -0.25) is 0 Å². The number of nitrogens with one attached hydrogen (secondary N) is 2. The van der Waals surface area contributed by atoms with E-state index in [1.54, 1.807) is 38.5 Å². The van der Waals surface area contributed by atoms with E-state index < -0.39 is 0 Å². The number of carbonyl (C=O) groups is 1. The standard InChI is InChI=1S/C21H26N2O4S/c1-14(2)27-20(24)16-6-8-17(9-7-16)23-21(28)22-12-11-15-5-10-18(25-3)19(13-15)26-4/h5-10,13-14H,11-12H2,1-4H3,(H2,22,23,28). The number of esters is 1. The maximum Gasteiger partial charge on any atom is 0.338 e. The molecule has 6 nitrogen and oxygen atoms in total. The molecule has 0 aliphatic heterocycles. The lowest BCUT2D eigenvalue weighted by Crippen LogP contribution is -2.30. The molecule has 0 atom stereocenters. The van der Waals surface area contributed by atoms with Crippen LogP contribution in [-0.2, 0) is 11.2 Å². The number of methoxy groups -OCH3 is 2. The Labute approximate surface area is 171 Å². The van der Waals surface area contributed by atoms with Gasteiger partial charge in [-0.25, -0.2) is 4.79 Å². The number of hydrogen-bond acceptors (Lipinski definition) is 5. The number of anilines is 1. The highest BCUT2D eigenvalue weighted by Crippen LogP contribution is 2.27. The van der Waals surface area contributed by atoms with Gasteiger partial charge in [-0.05, 0) is 74.4 Å². The van der Waals surface area contributed by atoms with Crippen LogP contribution in [0.25, 0.3) is 0 Å². The molecule has 0 fully saturated rings. The molecule has 0 spiro atoms. The van der Waals surface area contributed by atoms with E-state index in [1.807, 2.05) is 32.0 Å². The van der Waals surface area contributed by atoms with E-state index in [9.17, 15) is 4.79 Å². The minimum Gasteiger partial charge on any atom is -0.493 e. The molecular formula is C21H26N2O4S. The average molecular weight is 403 g/mol. The highest BCUT2D eigenvalue weighted by Gasteiger charge is 2.09. The van der Waals surface area contributed by atoms with E-state index in [0.717, 1.165) is 17.7 Å². The highest BCUT2D eigenvalue weighted by molar-refractivity contribution is 7.80. The van der Waals surface area contributed by atoms with Crippen LogP contribution in [-0.4, -0.2) is 38.0 Å². The lowest BCUT2D eigenvalue weighted by atomic mass is 10.1. The van der Waals surface area contributed by atoms with Crippen LogP contribution in [0, 0.1) is 0 Å². The predicted octanol–water partition coefficient (Wildman–Crippen LogP) is 3.80. The van der Waals surface area contributed by atoms with Gasteiger partial charge in [0.15, 0.2) is 16.6 Å². The minimum atomic E-state index is -0.336. The van der Waals surface area contributed by atoms with Crippen LogP contribution in [0.3, 0.4) is 0 Å². The summed E-state index contributed by atoms with van der Waals surface area (Å²) in [4.78, 5) is 11.9. The van der Waals surface area contributed by atoms with Gasteiger partial charge in [0.1, 0.15) is 0 Å². The van der Waals surface area contributed by atoms with Gasteiger partial charge < -0.3 is 24.8 Å². The third kappa shape index (κ3) is 6.42. The zero-order valence-corrected chi connectivity index (χ0v) is 17.4. The molecule has 28 heavy (non-hydrogen) atoms. The largest absolute Gasteiger partial charge is 0.493 e. The molecule has 2 N–H and O–H groups in total. The summed E-state index contributed by atoms with van der Waals surface area (Å²) in [5.41, 5.74) is 2.41. The Morgan fingerprint density at radius 3 is 2.32 bits per heavy atom. The molecule has 0 heterocycles. The van der Waals surface area contributed by atoms with Gasteiger partial charge in [0, 0.05) is 12.2 Å². The van der Waals surface area contributed by atoms with Gasteiger partial charge in [0.2, 0.25) is 0 Å². The minimum absolute atomic E-state index is 0.146. The maximum absolute atomic E-state index is 11.9. The smallest absolute Gasteiger partial charge is 0.338 e. The van der Waals surface area contributed by atoms with Gasteiger partial charge in [-0.15, -0.1) is 0 Å². The van der Waals surface area contributed by atoms with Crippen molar-refractivity contribution < 1.29 is 19.0 Å². The summed E-state index contributed by atoms with van der Waals surface area (Å²) < 4.78 is 15.7. The summed E-state index contributed by atoms with van der Waals surface area (Å²) in [6.07, 6.45) is 0.634. The van der Waals surface area contributed by atoms with Crippen LogP contribution < -0.4 is 20.1 Å². The van der Waals surface area contributed by atoms with Crippen molar-refractivity contribution in [2.45, 2.75) is 26.4 Å². The van der Waals surface area contributed by atoms with Crippen molar-refractivity contribution in [2.75, 3.05) is 26.1 Å². The van der Waals surface area contributed by atoms with Crippen LogP contribution in [0.2, 0.25) is 0 Å². The molecule has 0 unspecified atom stereocenters. The molecule has 0 saturated heterocycles. The van der Waals surface area contributed by atoms with Crippen molar-refractivity contribution in [3.05, 3.63) is 53.6 Å². The number of hydrogen-bond donors (Lipinski definition) is 2. The second kappa shape index (κ2) is 10.5. The molecule has 0 saturated carbocycles. The first-order valence-corrected chi connectivity index (χ1v) is 9.40. The molecular weight excluding hydrogens is 376 g/mol. The first-order chi connectivity index (χ1) is 13.4. The third-order valence-electron chi connectivity index (χ3n) is 3.87. The molecule has 0 aliphatic carbocycles. The molecule has 0 amide bonds. The summed E-state index contributed by atoms with van der Waals surface area (Å²) >= 11 is 5.32. The van der Waals surface area contributed by atoms with E-state index in [2.05, 4.69) is 10.6 Å². The number of ether oxygens (including phenoxy) is 3. The number of benzene rings is 2. The molecule has 7 heteroatoms. The second-order valence-corrected chi connectivity index (χ2v) is 6.76. The topological polar surface area (TPSA) is 68.8 Å². The fraction of sp³-hybridized carbons (Fsp3) is 0.333. The normalized spacial score (nSPS) is 10.3. The van der Waals surface area contributed by atoms with Crippen LogP contribution in [0.15, 0.2) is 42.5 Å². The van der Waals surface area contributed by atoms with Crippen molar-refractivity contribution >= 4 is 29.0 Å². The average Bonchev–Trinajstić information content (AvgIpc) is 2.67. The first kappa shape index (κ1) is 21.5. The Morgan fingerprint density at radius 2 is 1.71 bits per heavy atom. The number of rotatable bonds is 8. The monoisotopic (exact) mass is 402 g/mol. The fourth-order valence-electron chi connectivity index (χ4n) is 2.50. The molecule has 2 aromatic rings. The molecule has 0 bridgehead atoms. The molecule has 2 aromatic carbocycles. The van der Waals surface area contributed by atoms with Crippen LogP contribution >= 0.6 is 12.2 Å². The van der Waals surface area contributed by atoms with E-state index in [0.29, 0.717) is 28.7 Å². The molecule has 0 aromatic heterocycles. The quantitative estimate of drug-likeness (QED) is 0.514. The molecule has 0 aliphatic rings. The summed E-state index contributed by atoms with van der Waals surface area (Å²) in [7, 11) is 3.23. The van der Waals surface area contributed by atoms with Crippen molar-refractivity contribution in [1.29, 1.82) is 0 Å². The Hall–Kier alpha value is -2.80. The van der Waals surface area contributed by atoms with E-state index in [1.165, 1.54) is 0 Å². The number of carbonyl (C=O) groups excluding carboxylic acids is 1. The van der Waals surface area contributed by atoms with Crippen molar-refractivity contribution in [2.24, 2.45) is 0 Å². The van der Waals surface area contributed by atoms with Crippen LogP contribution in [0.1, 0.15) is 29.8 Å². The Kier molecular flexibility index (Phi) is 8.07. The van der Waals surface area contributed by atoms with Crippen molar-refractivity contribution in [3.63, 3.8) is 0 Å². The summed E-state index contributed by atoms with van der Waals surface area (Å²) in [5, 5.41) is 6.78. The van der Waals surface area contributed by atoms with Gasteiger partial charge in [-0.1, -0.05) is 6.07 Å². The third-order valence-corrected chi connectivity index (χ3v) is 4.11. The van der Waals surface area contributed by atoms with Gasteiger partial charge in [0.25, 0.3) is 0 Å². The van der Waals surface area contributed by atoms with E-state index in [-0.39, 0.29) is 12.1 Å². The van der Waals surface area contributed by atoms with Crippen molar-refractivity contribution in [1.82, 2.24) is 5.32 Å². The van der Waals surface area contributed by atoms with Gasteiger partial charge >= 0.3 is 5.97 Å². The van der Waals surface area contributed by atoms with Gasteiger partial charge in [0.05, 0.1) is 25.9 Å².